The second-order valence-corrected chi connectivity index (χ2v) is 10.3. The zero-order valence-corrected chi connectivity index (χ0v) is 19.3. The summed E-state index contributed by atoms with van der Waals surface area (Å²) in [5.41, 5.74) is 2.71. The van der Waals surface area contributed by atoms with Gasteiger partial charge in [0.1, 0.15) is 17.7 Å². The fourth-order valence-electron chi connectivity index (χ4n) is 4.02. The van der Waals surface area contributed by atoms with E-state index in [1.165, 1.54) is 50.8 Å². The van der Waals surface area contributed by atoms with Crippen molar-refractivity contribution < 1.29 is 8.42 Å². The topological polar surface area (TPSA) is 121 Å². The first kappa shape index (κ1) is 22.7. The van der Waals surface area contributed by atoms with Crippen LogP contribution in [0.25, 0.3) is 11.1 Å². The number of anilines is 3. The highest BCUT2D eigenvalue weighted by Crippen LogP contribution is 2.32. The molecule has 0 amide bonds. The maximum Gasteiger partial charge on any atom is 0.175 e. The monoisotopic (exact) mass is 462 g/mol. The highest BCUT2D eigenvalue weighted by atomic mass is 32.2. The van der Waals surface area contributed by atoms with Gasteiger partial charge in [0.2, 0.25) is 0 Å². The molecule has 2 aromatic heterocycles. The summed E-state index contributed by atoms with van der Waals surface area (Å²) in [5, 5.41) is 15.6. The lowest BCUT2D eigenvalue weighted by atomic mass is 9.89. The lowest BCUT2D eigenvalue weighted by Crippen LogP contribution is -2.17. The van der Waals surface area contributed by atoms with Gasteiger partial charge in [0.25, 0.3) is 0 Å². The Morgan fingerprint density at radius 2 is 1.82 bits per heavy atom. The Bertz CT molecular complexity index is 1260. The van der Waals surface area contributed by atoms with Crippen LogP contribution in [-0.2, 0) is 9.84 Å². The number of hydrogen-bond acceptors (Lipinski definition) is 8. The van der Waals surface area contributed by atoms with E-state index in [4.69, 9.17) is 5.26 Å². The molecule has 8 nitrogen and oxygen atoms in total. The molecule has 4 rings (SSSR count). The van der Waals surface area contributed by atoms with Gasteiger partial charge in [-0.3, -0.25) is 0 Å². The van der Waals surface area contributed by atoms with Crippen molar-refractivity contribution in [1.29, 1.82) is 5.26 Å². The van der Waals surface area contributed by atoms with Crippen LogP contribution in [-0.4, -0.2) is 36.2 Å². The van der Waals surface area contributed by atoms with Gasteiger partial charge in [-0.1, -0.05) is 31.4 Å². The fraction of sp³-hybridized carbons (Fsp3) is 0.333. The van der Waals surface area contributed by atoms with Crippen LogP contribution in [0.4, 0.5) is 17.3 Å². The van der Waals surface area contributed by atoms with Crippen LogP contribution in [0, 0.1) is 17.2 Å². The van der Waals surface area contributed by atoms with Gasteiger partial charge in [0.15, 0.2) is 15.5 Å². The predicted octanol–water partition coefficient (Wildman–Crippen LogP) is 4.55. The van der Waals surface area contributed by atoms with E-state index in [0.29, 0.717) is 17.6 Å². The number of pyridine rings is 1. The molecule has 0 saturated heterocycles. The van der Waals surface area contributed by atoms with E-state index in [0.717, 1.165) is 23.4 Å². The summed E-state index contributed by atoms with van der Waals surface area (Å²) < 4.78 is 24.1. The van der Waals surface area contributed by atoms with Crippen molar-refractivity contribution in [2.45, 2.75) is 37.0 Å². The van der Waals surface area contributed by atoms with Crippen molar-refractivity contribution in [2.24, 2.45) is 5.92 Å². The molecule has 33 heavy (non-hydrogen) atoms. The summed E-state index contributed by atoms with van der Waals surface area (Å²) in [7, 11) is -3.32. The summed E-state index contributed by atoms with van der Waals surface area (Å²) in [5.74, 6) is 1.66. The molecule has 1 saturated carbocycles. The zero-order valence-electron chi connectivity index (χ0n) is 18.5. The van der Waals surface area contributed by atoms with Crippen LogP contribution in [0.1, 0.15) is 37.8 Å². The van der Waals surface area contributed by atoms with Gasteiger partial charge in [-0.25, -0.2) is 23.4 Å². The first-order valence-corrected chi connectivity index (χ1v) is 12.8. The fourth-order valence-corrected chi connectivity index (χ4v) is 4.69. The molecular weight excluding hydrogens is 436 g/mol. The first-order valence-electron chi connectivity index (χ1n) is 11.0. The number of sulfone groups is 1. The molecule has 0 atom stereocenters. The van der Waals surface area contributed by atoms with E-state index in [2.05, 4.69) is 25.6 Å². The average molecular weight is 463 g/mol. The van der Waals surface area contributed by atoms with Gasteiger partial charge < -0.3 is 10.6 Å². The van der Waals surface area contributed by atoms with Crippen LogP contribution in [0.3, 0.4) is 0 Å². The molecule has 0 radical (unpaired) electrons. The Kier molecular flexibility index (Phi) is 6.84. The lowest BCUT2D eigenvalue weighted by Gasteiger charge is -2.23. The number of nitriles is 1. The van der Waals surface area contributed by atoms with Crippen molar-refractivity contribution >= 4 is 27.2 Å². The zero-order chi connectivity index (χ0) is 23.3. The summed E-state index contributed by atoms with van der Waals surface area (Å²) in [6, 6.07) is 10.7. The van der Waals surface area contributed by atoms with Gasteiger partial charge >= 0.3 is 0 Å². The number of benzene rings is 1. The number of nitrogens with one attached hydrogen (secondary N) is 2. The van der Waals surface area contributed by atoms with Crippen LogP contribution in [0.5, 0.6) is 0 Å². The summed E-state index contributed by atoms with van der Waals surface area (Å²) in [6.45, 7) is 0.846. The van der Waals surface area contributed by atoms with E-state index < -0.39 is 9.84 Å². The normalized spacial score (nSPS) is 14.4. The number of rotatable bonds is 7. The third-order valence-corrected chi connectivity index (χ3v) is 6.92. The van der Waals surface area contributed by atoms with E-state index >= 15 is 0 Å². The maximum atomic E-state index is 12.1. The summed E-state index contributed by atoms with van der Waals surface area (Å²) >= 11 is 0. The number of aromatic nitrogens is 3. The molecule has 3 aromatic rings. The van der Waals surface area contributed by atoms with E-state index in [1.807, 2.05) is 18.2 Å². The minimum Gasteiger partial charge on any atom is -0.384 e. The van der Waals surface area contributed by atoms with Gasteiger partial charge in [-0.05, 0) is 36.5 Å². The number of nitrogens with zero attached hydrogens (tertiary/aromatic N) is 4. The maximum absolute atomic E-state index is 12.1. The lowest BCUT2D eigenvalue weighted by molar-refractivity contribution is 0.373. The quantitative estimate of drug-likeness (QED) is 0.525. The van der Waals surface area contributed by atoms with Crippen molar-refractivity contribution in [1.82, 2.24) is 15.0 Å². The van der Waals surface area contributed by atoms with E-state index in [1.54, 1.807) is 24.4 Å². The molecule has 9 heteroatoms. The van der Waals surface area contributed by atoms with Crippen molar-refractivity contribution in [3.05, 3.63) is 54.6 Å². The molecule has 1 aliphatic rings. The predicted molar refractivity (Wildman–Crippen MR) is 128 cm³/mol. The van der Waals surface area contributed by atoms with Crippen molar-refractivity contribution in [3.63, 3.8) is 0 Å². The second kappa shape index (κ2) is 9.96. The summed E-state index contributed by atoms with van der Waals surface area (Å²) in [4.78, 5) is 13.0. The molecule has 2 heterocycles. The molecule has 0 aliphatic heterocycles. The Balaban J connectivity index is 1.65. The van der Waals surface area contributed by atoms with Gasteiger partial charge in [0, 0.05) is 36.3 Å². The summed E-state index contributed by atoms with van der Waals surface area (Å²) in [6.07, 6.45) is 12.1. The molecule has 170 valence electrons. The molecule has 1 fully saturated rings. The van der Waals surface area contributed by atoms with Gasteiger partial charge in [-0.2, -0.15) is 5.26 Å². The number of hydrogen-bond donors (Lipinski definition) is 2. The molecule has 1 aliphatic carbocycles. The van der Waals surface area contributed by atoms with E-state index in [-0.39, 0.29) is 10.6 Å². The Morgan fingerprint density at radius 1 is 1.03 bits per heavy atom. The van der Waals surface area contributed by atoms with Gasteiger partial charge in [0.05, 0.1) is 17.3 Å². The van der Waals surface area contributed by atoms with E-state index in [9.17, 15) is 8.42 Å². The SMILES string of the molecule is CS(=O)(=O)c1cccc(-c2cnc(Nc3cnc(C#N)cn3)cc2NCC2CCCCC2)c1. The molecule has 0 unspecified atom stereocenters. The smallest absolute Gasteiger partial charge is 0.175 e. The molecule has 1 aromatic carbocycles. The van der Waals surface area contributed by atoms with Crippen molar-refractivity contribution in [3.8, 4) is 17.2 Å². The Hall–Kier alpha value is -3.51. The average Bonchev–Trinajstić information content (AvgIpc) is 2.83. The minimum absolute atomic E-state index is 0.240. The standard InChI is InChI=1S/C24H26N6O2S/c1-33(31,32)20-9-5-8-18(10-20)21-15-29-23(30-24-16-26-19(12-25)14-28-24)11-22(21)27-13-17-6-3-2-4-7-17/h5,8-11,14-17H,2-4,6-7,13H2,1H3,(H2,27,28,29,30). The second-order valence-electron chi connectivity index (χ2n) is 8.32. The van der Waals surface area contributed by atoms with Crippen LogP contribution >= 0.6 is 0 Å². The third-order valence-electron chi connectivity index (χ3n) is 5.81. The van der Waals surface area contributed by atoms with Crippen molar-refractivity contribution in [2.75, 3.05) is 23.4 Å². The van der Waals surface area contributed by atoms with Gasteiger partial charge in [-0.15, -0.1) is 0 Å². The highest BCUT2D eigenvalue weighted by molar-refractivity contribution is 7.90. The molecule has 2 N–H and O–H groups in total. The third kappa shape index (κ3) is 5.84. The molecule has 0 bridgehead atoms. The Labute approximate surface area is 194 Å². The molecule has 0 spiro atoms. The van der Waals surface area contributed by atoms with Crippen LogP contribution < -0.4 is 10.6 Å². The first-order chi connectivity index (χ1) is 15.9. The van der Waals surface area contributed by atoms with Crippen LogP contribution in [0.2, 0.25) is 0 Å². The minimum atomic E-state index is -3.32. The molecular formula is C24H26N6O2S. The Morgan fingerprint density at radius 3 is 2.52 bits per heavy atom. The van der Waals surface area contributed by atoms with Crippen LogP contribution in [0.15, 0.2) is 53.8 Å². The highest BCUT2D eigenvalue weighted by Gasteiger charge is 2.16. The largest absolute Gasteiger partial charge is 0.384 e.